The molecule has 0 radical (unpaired) electrons. The average molecular weight is 464 g/mol. The number of aryl methyl sites for hydroxylation is 2. The molecule has 1 aliphatic rings. The molecule has 2 heterocycles. The van der Waals surface area contributed by atoms with Gasteiger partial charge < -0.3 is 19.3 Å². The summed E-state index contributed by atoms with van der Waals surface area (Å²) in [6, 6.07) is 13.9. The molecule has 7 nitrogen and oxygen atoms in total. The van der Waals surface area contributed by atoms with E-state index in [0.29, 0.717) is 29.7 Å². The number of benzene rings is 2. The normalized spacial score (nSPS) is 16.3. The van der Waals surface area contributed by atoms with Crippen LogP contribution in [0.3, 0.4) is 0 Å². The van der Waals surface area contributed by atoms with Crippen LogP contribution in [0.4, 0.5) is 5.69 Å². The molecule has 2 aromatic carbocycles. The third-order valence-corrected chi connectivity index (χ3v) is 6.52. The summed E-state index contributed by atoms with van der Waals surface area (Å²) in [5.41, 5.74) is 4.21. The Bertz CT molecular complexity index is 1100. The molecule has 34 heavy (non-hydrogen) atoms. The van der Waals surface area contributed by atoms with Crippen LogP contribution in [0.2, 0.25) is 0 Å². The van der Waals surface area contributed by atoms with E-state index in [1.807, 2.05) is 26.0 Å². The number of carbonyl (C=O) groups is 1. The Hall–Kier alpha value is -3.32. The fourth-order valence-corrected chi connectivity index (χ4v) is 4.31. The van der Waals surface area contributed by atoms with Crippen LogP contribution < -0.4 is 14.8 Å². The number of carbonyl (C=O) groups excluding carboxylic acids is 1. The van der Waals surface area contributed by atoms with Crippen molar-refractivity contribution in [2.75, 3.05) is 19.0 Å². The second kappa shape index (κ2) is 10.7. The first kappa shape index (κ1) is 23.8. The maximum atomic E-state index is 12.8. The molecule has 3 aromatic rings. The monoisotopic (exact) mass is 463 g/mol. The highest BCUT2D eigenvalue weighted by atomic mass is 16.5. The zero-order chi connectivity index (χ0) is 24.1. The molecule has 1 aliphatic heterocycles. The highest BCUT2D eigenvalue weighted by molar-refractivity contribution is 6.04. The van der Waals surface area contributed by atoms with E-state index in [9.17, 15) is 4.79 Å². The van der Waals surface area contributed by atoms with Crippen LogP contribution in [-0.2, 0) is 13.2 Å². The van der Waals surface area contributed by atoms with E-state index in [0.717, 1.165) is 35.8 Å². The number of hydrogen-bond acceptors (Lipinski definition) is 6. The smallest absolute Gasteiger partial charge is 0.255 e. The number of aromatic nitrogens is 1. The summed E-state index contributed by atoms with van der Waals surface area (Å²) in [5, 5.41) is 6.91. The number of hydrogen-bond donors (Lipinski definition) is 1. The summed E-state index contributed by atoms with van der Waals surface area (Å²) < 4.78 is 16.6. The first-order chi connectivity index (χ1) is 16.4. The van der Waals surface area contributed by atoms with E-state index in [1.165, 1.54) is 24.8 Å². The second-order valence-electron chi connectivity index (χ2n) is 8.92. The largest absolute Gasteiger partial charge is 0.493 e. The quantitative estimate of drug-likeness (QED) is 0.475. The number of nitrogens with one attached hydrogen (secondary N) is 1. The summed E-state index contributed by atoms with van der Waals surface area (Å²) in [6.07, 6.45) is 3.86. The van der Waals surface area contributed by atoms with Gasteiger partial charge in [0.25, 0.3) is 5.91 Å². The molecule has 0 bridgehead atoms. The van der Waals surface area contributed by atoms with Crippen LogP contribution in [0.25, 0.3) is 0 Å². The van der Waals surface area contributed by atoms with E-state index < -0.39 is 0 Å². The molecule has 0 aliphatic carbocycles. The molecule has 1 amide bonds. The third-order valence-electron chi connectivity index (χ3n) is 6.52. The lowest BCUT2D eigenvalue weighted by atomic mass is 10.0. The first-order valence-corrected chi connectivity index (χ1v) is 11.8. The Kier molecular flexibility index (Phi) is 7.53. The number of methoxy groups -OCH3 is 1. The van der Waals surface area contributed by atoms with Crippen LogP contribution in [0, 0.1) is 13.8 Å². The van der Waals surface area contributed by atoms with Gasteiger partial charge in [0.1, 0.15) is 12.4 Å². The zero-order valence-electron chi connectivity index (χ0n) is 20.4. The van der Waals surface area contributed by atoms with E-state index in [1.54, 1.807) is 25.3 Å². The van der Waals surface area contributed by atoms with E-state index >= 15 is 0 Å². The number of anilines is 1. The van der Waals surface area contributed by atoms with Crippen LogP contribution >= 0.6 is 0 Å². The van der Waals surface area contributed by atoms with E-state index in [4.69, 9.17) is 14.0 Å². The van der Waals surface area contributed by atoms with Crippen LogP contribution in [-0.4, -0.2) is 35.7 Å². The van der Waals surface area contributed by atoms with Gasteiger partial charge in [0.2, 0.25) is 0 Å². The Morgan fingerprint density at radius 2 is 1.94 bits per heavy atom. The SMILES string of the molecule is COc1cc(C(=O)Nc2ccc(CN3CCCCC3C)cc2)ccc1OCc1c(C)noc1C. The van der Waals surface area contributed by atoms with Crippen molar-refractivity contribution in [1.29, 1.82) is 0 Å². The van der Waals surface area contributed by atoms with Crippen LogP contribution in [0.5, 0.6) is 11.5 Å². The minimum Gasteiger partial charge on any atom is -0.493 e. The molecule has 4 rings (SSSR count). The molecular weight excluding hydrogens is 430 g/mol. The molecule has 1 N–H and O–H groups in total. The van der Waals surface area contributed by atoms with Gasteiger partial charge in [0.05, 0.1) is 18.4 Å². The van der Waals surface area contributed by atoms with Crippen molar-refractivity contribution in [3.8, 4) is 11.5 Å². The van der Waals surface area contributed by atoms with Crippen molar-refractivity contribution in [1.82, 2.24) is 10.1 Å². The van der Waals surface area contributed by atoms with Crippen molar-refractivity contribution in [2.24, 2.45) is 0 Å². The maximum absolute atomic E-state index is 12.8. The molecule has 1 atom stereocenters. The Morgan fingerprint density at radius 3 is 2.62 bits per heavy atom. The van der Waals surface area contributed by atoms with Gasteiger partial charge in [0, 0.05) is 23.8 Å². The lowest BCUT2D eigenvalue weighted by Crippen LogP contribution is -2.36. The minimum atomic E-state index is -0.201. The topological polar surface area (TPSA) is 76.8 Å². The second-order valence-corrected chi connectivity index (χ2v) is 8.92. The number of ether oxygens (including phenoxy) is 2. The summed E-state index contributed by atoms with van der Waals surface area (Å²) in [7, 11) is 1.56. The van der Waals surface area contributed by atoms with Crippen molar-refractivity contribution < 1.29 is 18.8 Å². The van der Waals surface area contributed by atoms with Gasteiger partial charge in [-0.1, -0.05) is 23.7 Å². The predicted octanol–water partition coefficient (Wildman–Crippen LogP) is 5.51. The Labute approximate surface area is 201 Å². The number of piperidine rings is 1. The Morgan fingerprint density at radius 1 is 1.15 bits per heavy atom. The van der Waals surface area contributed by atoms with Gasteiger partial charge in [-0.25, -0.2) is 0 Å². The molecule has 180 valence electrons. The summed E-state index contributed by atoms with van der Waals surface area (Å²) in [5.74, 6) is 1.57. The predicted molar refractivity (Wildman–Crippen MR) is 131 cm³/mol. The lowest BCUT2D eigenvalue weighted by molar-refractivity contribution is 0.102. The standard InChI is InChI=1S/C27H33N3O4/c1-18-7-5-6-14-30(18)16-21-8-11-23(12-9-21)28-27(31)22-10-13-25(26(15-22)32-4)33-17-24-19(2)29-34-20(24)3/h8-13,15,18H,5-7,14,16-17H2,1-4H3,(H,28,31). The van der Waals surface area contributed by atoms with Crippen LogP contribution in [0.15, 0.2) is 47.0 Å². The van der Waals surface area contributed by atoms with Crippen molar-refractivity contribution >= 4 is 11.6 Å². The number of amides is 1. The van der Waals surface area contributed by atoms with E-state index in [2.05, 4.69) is 34.4 Å². The van der Waals surface area contributed by atoms with E-state index in [-0.39, 0.29) is 5.91 Å². The fraction of sp³-hybridized carbons (Fsp3) is 0.407. The number of likely N-dealkylation sites (tertiary alicyclic amines) is 1. The molecular formula is C27H33N3O4. The van der Waals surface area contributed by atoms with Gasteiger partial charge in [-0.05, 0) is 76.1 Å². The van der Waals surface area contributed by atoms with Gasteiger partial charge in [0.15, 0.2) is 11.5 Å². The van der Waals surface area contributed by atoms with Crippen LogP contribution in [0.1, 0.15) is 59.1 Å². The van der Waals surface area contributed by atoms with Crippen molar-refractivity contribution in [3.63, 3.8) is 0 Å². The molecule has 0 spiro atoms. The van der Waals surface area contributed by atoms with Crippen molar-refractivity contribution in [2.45, 2.75) is 59.2 Å². The molecule has 1 aromatic heterocycles. The van der Waals surface area contributed by atoms with Gasteiger partial charge in [-0.3, -0.25) is 9.69 Å². The fourth-order valence-electron chi connectivity index (χ4n) is 4.31. The third kappa shape index (κ3) is 5.59. The highest BCUT2D eigenvalue weighted by Crippen LogP contribution is 2.30. The zero-order valence-corrected chi connectivity index (χ0v) is 20.4. The van der Waals surface area contributed by atoms with Crippen molar-refractivity contribution in [3.05, 3.63) is 70.6 Å². The number of nitrogens with zero attached hydrogens (tertiary/aromatic N) is 2. The molecule has 7 heteroatoms. The Balaban J connectivity index is 1.37. The minimum absolute atomic E-state index is 0.201. The summed E-state index contributed by atoms with van der Waals surface area (Å²) in [4.78, 5) is 15.4. The molecule has 1 fully saturated rings. The van der Waals surface area contributed by atoms with Gasteiger partial charge >= 0.3 is 0 Å². The van der Waals surface area contributed by atoms with Gasteiger partial charge in [-0.2, -0.15) is 0 Å². The molecule has 1 unspecified atom stereocenters. The summed E-state index contributed by atoms with van der Waals surface area (Å²) >= 11 is 0. The lowest BCUT2D eigenvalue weighted by Gasteiger charge is -2.33. The molecule has 0 saturated carbocycles. The number of rotatable bonds is 8. The highest BCUT2D eigenvalue weighted by Gasteiger charge is 2.18. The maximum Gasteiger partial charge on any atom is 0.255 e. The average Bonchev–Trinajstić information content (AvgIpc) is 3.17. The summed E-state index contributed by atoms with van der Waals surface area (Å²) in [6.45, 7) is 8.44. The molecule has 1 saturated heterocycles. The van der Waals surface area contributed by atoms with Gasteiger partial charge in [-0.15, -0.1) is 0 Å². The first-order valence-electron chi connectivity index (χ1n) is 11.8.